The Morgan fingerprint density at radius 1 is 1.50 bits per heavy atom. The third kappa shape index (κ3) is 3.65. The van der Waals surface area contributed by atoms with E-state index in [0.29, 0.717) is 5.16 Å². The zero-order valence-corrected chi connectivity index (χ0v) is 13.5. The normalized spacial score (nSPS) is 11.7. The van der Waals surface area contributed by atoms with Crippen molar-refractivity contribution in [2.45, 2.75) is 31.2 Å². The van der Waals surface area contributed by atoms with Crippen LogP contribution < -0.4 is 5.32 Å². The molecule has 22 heavy (non-hydrogen) atoms. The molecule has 7 heteroatoms. The van der Waals surface area contributed by atoms with Crippen molar-refractivity contribution in [3.8, 4) is 18.0 Å². The summed E-state index contributed by atoms with van der Waals surface area (Å²) in [6.07, 6.45) is 5.13. The van der Waals surface area contributed by atoms with Crippen LogP contribution in [-0.2, 0) is 4.79 Å². The highest BCUT2D eigenvalue weighted by Crippen LogP contribution is 2.24. The van der Waals surface area contributed by atoms with Crippen LogP contribution in [0.4, 0.5) is 0 Å². The number of rotatable bonds is 5. The Kier molecular flexibility index (Phi) is 5.17. The van der Waals surface area contributed by atoms with Gasteiger partial charge in [0.05, 0.1) is 17.5 Å². The topological polar surface area (TPSA) is 72.7 Å². The SMILES string of the molecule is C#CCNC(=O)C(C)Sc1nnnn1-c1ccc(C)cc1C. The van der Waals surface area contributed by atoms with E-state index in [1.54, 1.807) is 11.6 Å². The molecule has 0 fully saturated rings. The first kappa shape index (κ1) is 16.0. The van der Waals surface area contributed by atoms with Gasteiger partial charge in [-0.3, -0.25) is 4.79 Å². The molecule has 2 rings (SSSR count). The number of benzene rings is 1. The number of nitrogens with one attached hydrogen (secondary N) is 1. The molecular weight excluding hydrogens is 298 g/mol. The van der Waals surface area contributed by atoms with E-state index < -0.39 is 0 Å². The molecule has 114 valence electrons. The van der Waals surface area contributed by atoms with Crippen LogP contribution in [0.25, 0.3) is 5.69 Å². The molecule has 1 amide bonds. The Morgan fingerprint density at radius 2 is 2.27 bits per heavy atom. The number of hydrogen-bond donors (Lipinski definition) is 1. The van der Waals surface area contributed by atoms with E-state index in [-0.39, 0.29) is 17.7 Å². The van der Waals surface area contributed by atoms with Gasteiger partial charge in [-0.05, 0) is 42.8 Å². The number of terminal acetylenes is 1. The molecule has 2 aromatic rings. The summed E-state index contributed by atoms with van der Waals surface area (Å²) in [5.74, 6) is 2.23. The predicted octanol–water partition coefficient (Wildman–Crippen LogP) is 1.51. The zero-order chi connectivity index (χ0) is 16.1. The molecule has 1 aromatic carbocycles. The first-order valence-electron chi connectivity index (χ1n) is 6.76. The molecular formula is C15H17N5OS. The molecule has 0 spiro atoms. The van der Waals surface area contributed by atoms with E-state index in [2.05, 4.69) is 32.8 Å². The van der Waals surface area contributed by atoms with Crippen LogP contribution in [-0.4, -0.2) is 37.9 Å². The minimum atomic E-state index is -0.344. The lowest BCUT2D eigenvalue weighted by molar-refractivity contribution is -0.120. The highest BCUT2D eigenvalue weighted by molar-refractivity contribution is 8.00. The van der Waals surface area contributed by atoms with Crippen molar-refractivity contribution in [2.75, 3.05) is 6.54 Å². The first-order chi connectivity index (χ1) is 10.5. The Morgan fingerprint density at radius 3 is 2.95 bits per heavy atom. The number of amides is 1. The molecule has 1 heterocycles. The Bertz CT molecular complexity index is 719. The summed E-state index contributed by atoms with van der Waals surface area (Å²) in [5.41, 5.74) is 3.14. The van der Waals surface area contributed by atoms with Crippen molar-refractivity contribution < 1.29 is 4.79 Å². The minimum absolute atomic E-state index is 0.141. The minimum Gasteiger partial charge on any atom is -0.344 e. The quantitative estimate of drug-likeness (QED) is 0.669. The van der Waals surface area contributed by atoms with Crippen LogP contribution in [0, 0.1) is 26.2 Å². The summed E-state index contributed by atoms with van der Waals surface area (Å²) in [6.45, 7) is 6.04. The third-order valence-electron chi connectivity index (χ3n) is 3.04. The van der Waals surface area contributed by atoms with Crippen molar-refractivity contribution in [2.24, 2.45) is 0 Å². The van der Waals surface area contributed by atoms with Gasteiger partial charge >= 0.3 is 0 Å². The number of tetrazole rings is 1. The first-order valence-corrected chi connectivity index (χ1v) is 7.64. The van der Waals surface area contributed by atoms with E-state index in [9.17, 15) is 4.79 Å². The number of hydrogen-bond acceptors (Lipinski definition) is 5. The van der Waals surface area contributed by atoms with Crippen molar-refractivity contribution >= 4 is 17.7 Å². The lowest BCUT2D eigenvalue weighted by Gasteiger charge is -2.11. The maximum absolute atomic E-state index is 11.9. The number of aromatic nitrogens is 4. The van der Waals surface area contributed by atoms with Crippen LogP contribution >= 0.6 is 11.8 Å². The van der Waals surface area contributed by atoms with E-state index in [1.807, 2.05) is 26.0 Å². The fourth-order valence-electron chi connectivity index (χ4n) is 1.94. The monoisotopic (exact) mass is 315 g/mol. The summed E-state index contributed by atoms with van der Waals surface area (Å²) < 4.78 is 1.64. The molecule has 1 atom stereocenters. The van der Waals surface area contributed by atoms with E-state index in [0.717, 1.165) is 11.3 Å². The van der Waals surface area contributed by atoms with Gasteiger partial charge in [0, 0.05) is 0 Å². The maximum Gasteiger partial charge on any atom is 0.234 e. The molecule has 1 aromatic heterocycles. The van der Waals surface area contributed by atoms with Crippen LogP contribution in [0.1, 0.15) is 18.1 Å². The van der Waals surface area contributed by atoms with Crippen molar-refractivity contribution in [1.82, 2.24) is 25.5 Å². The number of carbonyl (C=O) groups is 1. The van der Waals surface area contributed by atoms with Gasteiger partial charge in [0.15, 0.2) is 0 Å². The number of thioether (sulfide) groups is 1. The fourth-order valence-corrected chi connectivity index (χ4v) is 2.77. The molecule has 1 N–H and O–H groups in total. The van der Waals surface area contributed by atoms with Crippen LogP contribution in [0.15, 0.2) is 23.4 Å². The summed E-state index contributed by atoms with van der Waals surface area (Å²) in [6, 6.07) is 6.03. The molecule has 0 aliphatic carbocycles. The van der Waals surface area contributed by atoms with Crippen LogP contribution in [0.5, 0.6) is 0 Å². The summed E-state index contributed by atoms with van der Waals surface area (Å²) in [7, 11) is 0. The van der Waals surface area contributed by atoms with Gasteiger partial charge in [-0.25, -0.2) is 0 Å². The average Bonchev–Trinajstić information content (AvgIpc) is 2.92. The highest BCUT2D eigenvalue weighted by Gasteiger charge is 2.19. The van der Waals surface area contributed by atoms with E-state index >= 15 is 0 Å². The Balaban J connectivity index is 2.19. The Hall–Kier alpha value is -2.33. The van der Waals surface area contributed by atoms with Gasteiger partial charge in [0.2, 0.25) is 11.1 Å². The smallest absolute Gasteiger partial charge is 0.234 e. The standard InChI is InChI=1S/C15H17N5OS/c1-5-8-16-14(21)12(4)22-15-17-18-19-20(15)13-7-6-10(2)9-11(13)3/h1,6-7,9,12H,8H2,2-4H3,(H,16,21). The van der Waals surface area contributed by atoms with E-state index in [4.69, 9.17) is 6.42 Å². The van der Waals surface area contributed by atoms with Gasteiger partial charge < -0.3 is 5.32 Å². The van der Waals surface area contributed by atoms with Crippen LogP contribution in [0.2, 0.25) is 0 Å². The second-order valence-corrected chi connectivity index (χ2v) is 6.15. The van der Waals surface area contributed by atoms with Gasteiger partial charge in [0.1, 0.15) is 0 Å². The molecule has 0 aliphatic heterocycles. The second kappa shape index (κ2) is 7.09. The average molecular weight is 315 g/mol. The summed E-state index contributed by atoms with van der Waals surface area (Å²) in [5, 5.41) is 14.6. The molecule has 0 radical (unpaired) electrons. The molecule has 1 unspecified atom stereocenters. The summed E-state index contributed by atoms with van der Waals surface area (Å²) in [4.78, 5) is 11.9. The second-order valence-electron chi connectivity index (χ2n) is 4.85. The summed E-state index contributed by atoms with van der Waals surface area (Å²) >= 11 is 1.29. The number of nitrogens with zero attached hydrogens (tertiary/aromatic N) is 4. The van der Waals surface area contributed by atoms with Crippen LogP contribution in [0.3, 0.4) is 0 Å². The lowest BCUT2D eigenvalue weighted by atomic mass is 10.1. The van der Waals surface area contributed by atoms with Crippen molar-refractivity contribution in [3.63, 3.8) is 0 Å². The lowest BCUT2D eigenvalue weighted by Crippen LogP contribution is -2.31. The highest BCUT2D eigenvalue weighted by atomic mass is 32.2. The molecule has 0 aliphatic rings. The third-order valence-corrected chi connectivity index (χ3v) is 4.07. The molecule has 0 bridgehead atoms. The zero-order valence-electron chi connectivity index (χ0n) is 12.7. The largest absolute Gasteiger partial charge is 0.344 e. The van der Waals surface area contributed by atoms with Gasteiger partial charge in [-0.15, -0.1) is 11.5 Å². The van der Waals surface area contributed by atoms with Gasteiger partial charge in [-0.2, -0.15) is 4.68 Å². The number of aryl methyl sites for hydroxylation is 2. The van der Waals surface area contributed by atoms with Gasteiger partial charge in [0.25, 0.3) is 0 Å². The van der Waals surface area contributed by atoms with Crippen molar-refractivity contribution in [3.05, 3.63) is 29.3 Å². The number of carbonyl (C=O) groups excluding carboxylic acids is 1. The maximum atomic E-state index is 11.9. The van der Waals surface area contributed by atoms with E-state index in [1.165, 1.54) is 17.3 Å². The predicted molar refractivity (Wildman–Crippen MR) is 85.8 cm³/mol. The molecule has 0 saturated carbocycles. The molecule has 0 saturated heterocycles. The van der Waals surface area contributed by atoms with Gasteiger partial charge in [-0.1, -0.05) is 35.4 Å². The molecule has 6 nitrogen and oxygen atoms in total. The fraction of sp³-hybridized carbons (Fsp3) is 0.333. The van der Waals surface area contributed by atoms with Crippen molar-refractivity contribution in [1.29, 1.82) is 0 Å². The Labute approximate surface area is 133 Å².